The summed E-state index contributed by atoms with van der Waals surface area (Å²) in [5.41, 5.74) is 3.45. The molecule has 8 atom stereocenters. The molecule has 0 aromatic rings. The fourth-order valence-corrected chi connectivity index (χ4v) is 9.60. The number of aliphatic hydroxyl groups is 1. The van der Waals surface area contributed by atoms with Crippen LogP contribution in [0.5, 0.6) is 0 Å². The molecular formula is C30H52O. The molecule has 0 radical (unpaired) electrons. The van der Waals surface area contributed by atoms with Gasteiger partial charge in [-0.15, -0.1) is 0 Å². The van der Waals surface area contributed by atoms with Crippen LogP contribution in [0, 0.1) is 50.7 Å². The lowest BCUT2D eigenvalue weighted by molar-refractivity contribution is -0.199. The summed E-state index contributed by atoms with van der Waals surface area (Å²) < 4.78 is 0. The number of hydrogen-bond acceptors (Lipinski definition) is 1. The van der Waals surface area contributed by atoms with Crippen molar-refractivity contribution >= 4 is 0 Å². The molecule has 4 rings (SSSR count). The largest absolute Gasteiger partial charge is 0.393 e. The van der Waals surface area contributed by atoms with Crippen molar-refractivity contribution in [2.24, 2.45) is 50.7 Å². The van der Waals surface area contributed by atoms with Gasteiger partial charge in [0.25, 0.3) is 0 Å². The highest BCUT2D eigenvalue weighted by Gasteiger charge is 2.66. The predicted molar refractivity (Wildman–Crippen MR) is 133 cm³/mol. The van der Waals surface area contributed by atoms with Gasteiger partial charge in [-0.05, 0) is 102 Å². The van der Waals surface area contributed by atoms with E-state index in [9.17, 15) is 5.11 Å². The van der Waals surface area contributed by atoms with Gasteiger partial charge in [-0.25, -0.2) is 0 Å². The van der Waals surface area contributed by atoms with Crippen molar-refractivity contribution in [2.75, 3.05) is 0 Å². The molecule has 1 N–H and O–H groups in total. The van der Waals surface area contributed by atoms with Crippen LogP contribution < -0.4 is 0 Å². The number of hydrogen-bond donors (Lipinski definition) is 1. The van der Waals surface area contributed by atoms with Crippen LogP contribution in [0.15, 0.2) is 11.6 Å². The van der Waals surface area contributed by atoms with Gasteiger partial charge in [0.15, 0.2) is 0 Å². The SMILES string of the molecule is CCC(C)(C)CC1C2=CCC3C4(C)CCC(O)C(C)(C)C4CCC3(C)C2(C)CCC1C. The van der Waals surface area contributed by atoms with Crippen LogP contribution in [0.4, 0.5) is 0 Å². The van der Waals surface area contributed by atoms with Crippen LogP contribution in [0.1, 0.15) is 120 Å². The first-order chi connectivity index (χ1) is 14.2. The van der Waals surface area contributed by atoms with E-state index in [1.165, 1.54) is 51.4 Å². The van der Waals surface area contributed by atoms with Gasteiger partial charge in [0.2, 0.25) is 0 Å². The molecule has 1 heteroatoms. The molecule has 4 aliphatic rings. The standard InChI is InChI=1S/C30H52O/c1-10-26(3,4)19-21-20(2)13-17-29(8)22(21)11-12-24-28(7)16-15-25(31)27(5,6)23(28)14-18-30(24,29)9/h11,20-21,23-25,31H,10,12-19H2,1-9H3. The van der Waals surface area contributed by atoms with Crippen LogP contribution in [-0.4, -0.2) is 11.2 Å². The van der Waals surface area contributed by atoms with E-state index >= 15 is 0 Å². The zero-order chi connectivity index (χ0) is 23.0. The molecule has 0 aliphatic heterocycles. The summed E-state index contributed by atoms with van der Waals surface area (Å²) in [7, 11) is 0. The Morgan fingerprint density at radius 3 is 2.29 bits per heavy atom. The third-order valence-electron chi connectivity index (χ3n) is 12.4. The highest BCUT2D eigenvalue weighted by atomic mass is 16.3. The Morgan fingerprint density at radius 2 is 1.65 bits per heavy atom. The summed E-state index contributed by atoms with van der Waals surface area (Å²) in [6, 6.07) is 0. The second-order valence-corrected chi connectivity index (χ2v) is 14.5. The minimum absolute atomic E-state index is 0.0496. The van der Waals surface area contributed by atoms with E-state index in [1.54, 1.807) is 0 Å². The second kappa shape index (κ2) is 7.35. The van der Waals surface area contributed by atoms with Gasteiger partial charge in [0, 0.05) is 0 Å². The van der Waals surface area contributed by atoms with E-state index in [0.717, 1.165) is 24.2 Å². The fourth-order valence-electron chi connectivity index (χ4n) is 9.60. The Balaban J connectivity index is 1.75. The molecule has 8 unspecified atom stereocenters. The van der Waals surface area contributed by atoms with Gasteiger partial charge in [-0.1, -0.05) is 80.4 Å². The lowest BCUT2D eigenvalue weighted by atomic mass is 9.35. The number of aliphatic hydroxyl groups excluding tert-OH is 1. The smallest absolute Gasteiger partial charge is 0.0594 e. The van der Waals surface area contributed by atoms with Crippen molar-refractivity contribution in [3.05, 3.63) is 11.6 Å². The minimum atomic E-state index is -0.128. The Hall–Kier alpha value is -0.300. The molecule has 0 aromatic carbocycles. The molecule has 1 nitrogen and oxygen atoms in total. The van der Waals surface area contributed by atoms with Gasteiger partial charge in [-0.3, -0.25) is 0 Å². The van der Waals surface area contributed by atoms with Crippen LogP contribution in [-0.2, 0) is 0 Å². The van der Waals surface area contributed by atoms with E-state index in [4.69, 9.17) is 0 Å². The van der Waals surface area contributed by atoms with E-state index in [1.807, 2.05) is 5.57 Å². The number of rotatable bonds is 3. The van der Waals surface area contributed by atoms with E-state index in [2.05, 4.69) is 68.4 Å². The molecule has 0 aromatic heterocycles. The topological polar surface area (TPSA) is 20.2 Å². The zero-order valence-corrected chi connectivity index (χ0v) is 22.3. The van der Waals surface area contributed by atoms with Crippen molar-refractivity contribution in [3.8, 4) is 0 Å². The summed E-state index contributed by atoms with van der Waals surface area (Å²) in [5, 5.41) is 10.9. The summed E-state index contributed by atoms with van der Waals surface area (Å²) >= 11 is 0. The Morgan fingerprint density at radius 1 is 0.968 bits per heavy atom. The molecule has 0 saturated heterocycles. The average molecular weight is 429 g/mol. The van der Waals surface area contributed by atoms with Gasteiger partial charge in [0.05, 0.1) is 6.10 Å². The van der Waals surface area contributed by atoms with Gasteiger partial charge < -0.3 is 5.11 Å². The molecule has 0 bridgehead atoms. The molecule has 0 spiro atoms. The predicted octanol–water partition coefficient (Wildman–Crippen LogP) is 8.41. The Labute approximate surface area is 193 Å². The highest BCUT2D eigenvalue weighted by molar-refractivity contribution is 5.31. The van der Waals surface area contributed by atoms with Gasteiger partial charge in [-0.2, -0.15) is 0 Å². The maximum Gasteiger partial charge on any atom is 0.0594 e. The molecule has 178 valence electrons. The summed E-state index contributed by atoms with van der Waals surface area (Å²) in [6.07, 6.45) is 14.2. The van der Waals surface area contributed by atoms with E-state index in [-0.39, 0.29) is 11.5 Å². The summed E-state index contributed by atoms with van der Waals surface area (Å²) in [5.74, 6) is 2.99. The first kappa shape index (κ1) is 23.8. The van der Waals surface area contributed by atoms with Crippen LogP contribution in [0.2, 0.25) is 0 Å². The lowest BCUT2D eigenvalue weighted by Crippen LogP contribution is -2.63. The molecule has 4 aliphatic carbocycles. The summed E-state index contributed by atoms with van der Waals surface area (Å²) in [6.45, 7) is 22.6. The zero-order valence-electron chi connectivity index (χ0n) is 22.3. The normalized spacial score (nSPS) is 49.5. The third kappa shape index (κ3) is 3.25. The van der Waals surface area contributed by atoms with Crippen molar-refractivity contribution in [2.45, 2.75) is 126 Å². The Kier molecular flexibility index (Phi) is 5.65. The van der Waals surface area contributed by atoms with Crippen molar-refractivity contribution in [1.82, 2.24) is 0 Å². The molecule has 31 heavy (non-hydrogen) atoms. The molecule has 0 heterocycles. The number of allylic oxidation sites excluding steroid dienone is 2. The number of fused-ring (bicyclic) bond motifs is 5. The summed E-state index contributed by atoms with van der Waals surface area (Å²) in [4.78, 5) is 0. The molecular weight excluding hydrogens is 376 g/mol. The quantitative estimate of drug-likeness (QED) is 0.447. The van der Waals surface area contributed by atoms with Crippen molar-refractivity contribution in [1.29, 1.82) is 0 Å². The first-order valence-electron chi connectivity index (χ1n) is 13.6. The third-order valence-corrected chi connectivity index (χ3v) is 12.4. The average Bonchev–Trinajstić information content (AvgIpc) is 2.68. The highest BCUT2D eigenvalue weighted by Crippen LogP contribution is 2.73. The van der Waals surface area contributed by atoms with Crippen LogP contribution in [0.25, 0.3) is 0 Å². The molecule has 3 saturated carbocycles. The van der Waals surface area contributed by atoms with Gasteiger partial charge >= 0.3 is 0 Å². The van der Waals surface area contributed by atoms with Crippen molar-refractivity contribution in [3.63, 3.8) is 0 Å². The Bertz CT molecular complexity index is 731. The monoisotopic (exact) mass is 428 g/mol. The minimum Gasteiger partial charge on any atom is -0.393 e. The van der Waals surface area contributed by atoms with Gasteiger partial charge in [0.1, 0.15) is 0 Å². The van der Waals surface area contributed by atoms with E-state index < -0.39 is 0 Å². The molecule has 3 fully saturated rings. The van der Waals surface area contributed by atoms with E-state index in [0.29, 0.717) is 27.6 Å². The van der Waals surface area contributed by atoms with Crippen molar-refractivity contribution < 1.29 is 5.11 Å². The maximum atomic E-state index is 10.9. The fraction of sp³-hybridized carbons (Fsp3) is 0.933. The second-order valence-electron chi connectivity index (χ2n) is 14.5. The molecule has 0 amide bonds. The maximum absolute atomic E-state index is 10.9. The van der Waals surface area contributed by atoms with Crippen LogP contribution >= 0.6 is 0 Å². The first-order valence-corrected chi connectivity index (χ1v) is 13.6. The van der Waals surface area contributed by atoms with Crippen LogP contribution in [0.3, 0.4) is 0 Å². The lowest BCUT2D eigenvalue weighted by Gasteiger charge is -2.70.